The first-order chi connectivity index (χ1) is 9.08. The molecule has 2 aromatic heterocycles. The van der Waals surface area contributed by atoms with Crippen LogP contribution in [0.2, 0.25) is 0 Å². The van der Waals surface area contributed by atoms with Crippen molar-refractivity contribution >= 4 is 33.8 Å². The summed E-state index contributed by atoms with van der Waals surface area (Å²) < 4.78 is 2.96. The van der Waals surface area contributed by atoms with Crippen LogP contribution in [-0.4, -0.2) is 34.1 Å². The number of fused-ring (bicyclic) bond motifs is 1. The Morgan fingerprint density at radius 2 is 2.16 bits per heavy atom. The average Bonchev–Trinajstić information content (AvgIpc) is 2.84. The highest BCUT2D eigenvalue weighted by molar-refractivity contribution is 7.71. The lowest BCUT2D eigenvalue weighted by Crippen LogP contribution is -2.34. The van der Waals surface area contributed by atoms with Gasteiger partial charge in [-0.05, 0) is 43.7 Å². The Balaban J connectivity index is 2.44. The van der Waals surface area contributed by atoms with E-state index in [1.807, 2.05) is 18.4 Å². The van der Waals surface area contributed by atoms with Gasteiger partial charge in [-0.15, -0.1) is 11.3 Å². The predicted molar refractivity (Wildman–Crippen MR) is 83.8 cm³/mol. The van der Waals surface area contributed by atoms with Gasteiger partial charge < -0.3 is 9.88 Å². The fourth-order valence-electron chi connectivity index (χ4n) is 2.29. The van der Waals surface area contributed by atoms with Crippen LogP contribution in [0.1, 0.15) is 26.8 Å². The van der Waals surface area contributed by atoms with E-state index in [0.717, 1.165) is 29.9 Å². The van der Waals surface area contributed by atoms with E-state index in [0.29, 0.717) is 4.77 Å². The second kappa shape index (κ2) is 5.98. The Kier molecular flexibility index (Phi) is 4.54. The van der Waals surface area contributed by atoms with Gasteiger partial charge in [0, 0.05) is 12.6 Å². The molecule has 4 nitrogen and oxygen atoms in total. The molecule has 6 heteroatoms. The second-order valence-corrected chi connectivity index (χ2v) is 5.91. The number of likely N-dealkylation sites (N-methyl/N-ethyl adjacent to an activating group) is 1. The summed E-state index contributed by atoms with van der Waals surface area (Å²) in [5, 5.41) is 1.91. The van der Waals surface area contributed by atoms with E-state index >= 15 is 0 Å². The van der Waals surface area contributed by atoms with Gasteiger partial charge >= 0.3 is 0 Å². The molecule has 0 aliphatic carbocycles. The van der Waals surface area contributed by atoms with E-state index < -0.39 is 0 Å². The lowest BCUT2D eigenvalue weighted by molar-refractivity contribution is 0.257. The predicted octanol–water partition coefficient (Wildman–Crippen LogP) is 3.02. The topological polar surface area (TPSA) is 41.0 Å². The van der Waals surface area contributed by atoms with Gasteiger partial charge in [0.25, 0.3) is 5.56 Å². The van der Waals surface area contributed by atoms with Gasteiger partial charge in [0.1, 0.15) is 4.70 Å². The molecule has 2 aromatic rings. The number of nitrogens with zero attached hydrogens (tertiary/aromatic N) is 2. The SMILES string of the molecule is CCN(CC)CC(C)n1c(=S)[nH]c2ccsc2c1=O. The maximum Gasteiger partial charge on any atom is 0.272 e. The van der Waals surface area contributed by atoms with Gasteiger partial charge in [0.05, 0.1) is 5.52 Å². The smallest absolute Gasteiger partial charge is 0.272 e. The summed E-state index contributed by atoms with van der Waals surface area (Å²) in [6, 6.07) is 1.97. The number of thiophene rings is 1. The molecule has 0 aliphatic rings. The van der Waals surface area contributed by atoms with Crippen LogP contribution in [-0.2, 0) is 0 Å². The Hall–Kier alpha value is -0.980. The number of hydrogen-bond donors (Lipinski definition) is 1. The number of aromatic amines is 1. The third-order valence-electron chi connectivity index (χ3n) is 3.40. The molecule has 2 rings (SSSR count). The molecule has 1 N–H and O–H groups in total. The largest absolute Gasteiger partial charge is 0.331 e. The van der Waals surface area contributed by atoms with Crippen LogP contribution in [0.4, 0.5) is 0 Å². The number of H-pyrrole nitrogens is 1. The molecule has 0 fully saturated rings. The molecule has 0 saturated carbocycles. The second-order valence-electron chi connectivity index (χ2n) is 4.60. The molecular formula is C13H19N3OS2. The molecule has 1 unspecified atom stereocenters. The van der Waals surface area contributed by atoms with Crippen molar-refractivity contribution in [1.82, 2.24) is 14.5 Å². The first-order valence-corrected chi connectivity index (χ1v) is 7.81. The van der Waals surface area contributed by atoms with Crippen molar-refractivity contribution < 1.29 is 0 Å². The van der Waals surface area contributed by atoms with Crippen LogP contribution in [0.15, 0.2) is 16.2 Å². The molecule has 19 heavy (non-hydrogen) atoms. The van der Waals surface area contributed by atoms with Crippen molar-refractivity contribution in [3.8, 4) is 0 Å². The average molecular weight is 297 g/mol. The van der Waals surface area contributed by atoms with Crippen LogP contribution in [0.25, 0.3) is 10.2 Å². The van der Waals surface area contributed by atoms with Crippen LogP contribution in [0, 0.1) is 4.77 Å². The molecule has 0 aromatic carbocycles. The highest BCUT2D eigenvalue weighted by Gasteiger charge is 2.14. The first-order valence-electron chi connectivity index (χ1n) is 6.52. The molecule has 0 amide bonds. The van der Waals surface area contributed by atoms with E-state index in [9.17, 15) is 4.79 Å². The summed E-state index contributed by atoms with van der Waals surface area (Å²) in [6.07, 6.45) is 0. The number of aromatic nitrogens is 2. The van der Waals surface area contributed by atoms with Gasteiger partial charge in [-0.25, -0.2) is 0 Å². The van der Waals surface area contributed by atoms with Gasteiger partial charge in [-0.1, -0.05) is 13.8 Å². The van der Waals surface area contributed by atoms with E-state index in [1.54, 1.807) is 4.57 Å². The molecule has 0 aliphatic heterocycles. The molecule has 0 spiro atoms. The molecule has 104 valence electrons. The first kappa shape index (κ1) is 14.4. The van der Waals surface area contributed by atoms with Gasteiger partial charge in [-0.3, -0.25) is 9.36 Å². The monoisotopic (exact) mass is 297 g/mol. The third-order valence-corrected chi connectivity index (χ3v) is 4.60. The summed E-state index contributed by atoms with van der Waals surface area (Å²) in [7, 11) is 0. The maximum atomic E-state index is 12.5. The summed E-state index contributed by atoms with van der Waals surface area (Å²) in [4.78, 5) is 17.9. The van der Waals surface area contributed by atoms with Crippen LogP contribution in [0.5, 0.6) is 0 Å². The Morgan fingerprint density at radius 1 is 1.47 bits per heavy atom. The number of rotatable bonds is 5. The zero-order valence-electron chi connectivity index (χ0n) is 11.5. The highest BCUT2D eigenvalue weighted by atomic mass is 32.1. The number of hydrogen-bond acceptors (Lipinski definition) is 4. The van der Waals surface area contributed by atoms with Crippen molar-refractivity contribution in [2.45, 2.75) is 26.8 Å². The summed E-state index contributed by atoms with van der Waals surface area (Å²) >= 11 is 6.79. The van der Waals surface area contributed by atoms with Crippen molar-refractivity contribution in [2.24, 2.45) is 0 Å². The molecule has 0 bridgehead atoms. The normalized spacial score (nSPS) is 13.3. The Morgan fingerprint density at radius 3 is 2.79 bits per heavy atom. The van der Waals surface area contributed by atoms with Gasteiger partial charge in [0.2, 0.25) is 0 Å². The standard InChI is InChI=1S/C13H19N3OS2/c1-4-15(5-2)8-9(3)16-12(17)11-10(6-7-19-11)14-13(16)18/h6-7,9H,4-5,8H2,1-3H3,(H,14,18). The highest BCUT2D eigenvalue weighted by Crippen LogP contribution is 2.16. The molecule has 0 radical (unpaired) electrons. The maximum absolute atomic E-state index is 12.5. The third kappa shape index (κ3) is 2.80. The van der Waals surface area contributed by atoms with Crippen molar-refractivity contribution in [3.63, 3.8) is 0 Å². The van der Waals surface area contributed by atoms with Crippen LogP contribution < -0.4 is 5.56 Å². The lowest BCUT2D eigenvalue weighted by atomic mass is 10.3. The van der Waals surface area contributed by atoms with Crippen molar-refractivity contribution in [3.05, 3.63) is 26.6 Å². The van der Waals surface area contributed by atoms with E-state index in [-0.39, 0.29) is 11.6 Å². The van der Waals surface area contributed by atoms with Gasteiger partial charge in [0.15, 0.2) is 4.77 Å². The van der Waals surface area contributed by atoms with Crippen LogP contribution >= 0.6 is 23.6 Å². The minimum absolute atomic E-state index is 0.0217. The van der Waals surface area contributed by atoms with Crippen LogP contribution in [0.3, 0.4) is 0 Å². The summed E-state index contributed by atoms with van der Waals surface area (Å²) in [5.41, 5.74) is 0.861. The fourth-order valence-corrected chi connectivity index (χ4v) is 3.45. The summed E-state index contributed by atoms with van der Waals surface area (Å²) in [5.74, 6) is 0. The van der Waals surface area contributed by atoms with Crippen molar-refractivity contribution in [1.29, 1.82) is 0 Å². The Labute approximate surface area is 121 Å². The lowest BCUT2D eigenvalue weighted by Gasteiger charge is -2.24. The molecular weight excluding hydrogens is 278 g/mol. The van der Waals surface area contributed by atoms with E-state index in [4.69, 9.17) is 12.2 Å². The zero-order valence-corrected chi connectivity index (χ0v) is 13.1. The minimum Gasteiger partial charge on any atom is -0.331 e. The molecule has 1 atom stereocenters. The number of nitrogens with one attached hydrogen (secondary N) is 1. The summed E-state index contributed by atoms with van der Waals surface area (Å²) in [6.45, 7) is 9.09. The van der Waals surface area contributed by atoms with E-state index in [1.165, 1.54) is 11.3 Å². The molecule has 0 saturated heterocycles. The zero-order chi connectivity index (χ0) is 14.0. The fraction of sp³-hybridized carbons (Fsp3) is 0.538. The van der Waals surface area contributed by atoms with E-state index in [2.05, 4.69) is 23.7 Å². The van der Waals surface area contributed by atoms with Crippen molar-refractivity contribution in [2.75, 3.05) is 19.6 Å². The minimum atomic E-state index is 0.0217. The van der Waals surface area contributed by atoms with Gasteiger partial charge in [-0.2, -0.15) is 0 Å². The Bertz CT molecular complexity index is 666. The quantitative estimate of drug-likeness (QED) is 0.863. The molecule has 2 heterocycles.